The van der Waals surface area contributed by atoms with Gasteiger partial charge in [0.15, 0.2) is 0 Å². The van der Waals surface area contributed by atoms with Crippen LogP contribution in [0.1, 0.15) is 10.4 Å². The van der Waals surface area contributed by atoms with E-state index in [0.717, 1.165) is 6.07 Å². The van der Waals surface area contributed by atoms with Crippen molar-refractivity contribution in [1.29, 1.82) is 0 Å². The Morgan fingerprint density at radius 1 is 1.57 bits per heavy atom. The van der Waals surface area contributed by atoms with E-state index in [9.17, 15) is 24.4 Å². The number of carbonyl (C=O) groups excluding carboxylic acids is 1. The van der Waals surface area contributed by atoms with Crippen LogP contribution < -0.4 is 5.11 Å². The fraction of sp³-hybridized carbons (Fsp3) is 0. The molecule has 0 aliphatic carbocycles. The van der Waals surface area contributed by atoms with E-state index in [0.29, 0.717) is 0 Å². The molecule has 0 aliphatic rings. The first-order valence-electron chi connectivity index (χ1n) is 3.27. The molecule has 1 aromatic carbocycles. The van der Waals surface area contributed by atoms with Gasteiger partial charge in [-0.05, 0) is 27.7 Å². The standard InChI is InChI=1S/C7H3BrFNO4/c8-4-1-3(2-11)7(12)6(5(4)9)10(13)14/h1-2,12H/p-1. The Kier molecular flexibility index (Phi) is 2.80. The van der Waals surface area contributed by atoms with Gasteiger partial charge < -0.3 is 5.11 Å². The van der Waals surface area contributed by atoms with Crippen LogP contribution in [-0.2, 0) is 0 Å². The van der Waals surface area contributed by atoms with E-state index in [-0.39, 0.29) is 10.8 Å². The highest BCUT2D eigenvalue weighted by molar-refractivity contribution is 9.10. The highest BCUT2D eigenvalue weighted by Crippen LogP contribution is 2.34. The second kappa shape index (κ2) is 3.70. The lowest BCUT2D eigenvalue weighted by Crippen LogP contribution is -2.04. The van der Waals surface area contributed by atoms with Gasteiger partial charge in [-0.25, -0.2) is 0 Å². The number of hydrogen-bond acceptors (Lipinski definition) is 4. The summed E-state index contributed by atoms with van der Waals surface area (Å²) in [6, 6.07) is 0.900. The molecular formula is C7H2BrFNO4-. The number of nitrogens with zero attached hydrogens (tertiary/aromatic N) is 1. The largest absolute Gasteiger partial charge is 0.867 e. The minimum absolute atomic E-state index is 0.138. The second-order valence-electron chi connectivity index (χ2n) is 2.31. The molecule has 0 saturated heterocycles. The van der Waals surface area contributed by atoms with Crippen molar-refractivity contribution in [2.45, 2.75) is 0 Å². The van der Waals surface area contributed by atoms with E-state index in [2.05, 4.69) is 15.9 Å². The lowest BCUT2D eigenvalue weighted by atomic mass is 10.2. The van der Waals surface area contributed by atoms with Crippen LogP contribution in [0.3, 0.4) is 0 Å². The Hall–Kier alpha value is -1.50. The van der Waals surface area contributed by atoms with Gasteiger partial charge in [0.2, 0.25) is 5.82 Å². The number of nitro groups is 1. The molecule has 74 valence electrons. The maximum absolute atomic E-state index is 13.0. The van der Waals surface area contributed by atoms with E-state index < -0.39 is 27.7 Å². The number of halogens is 2. The van der Waals surface area contributed by atoms with Crippen molar-refractivity contribution in [1.82, 2.24) is 0 Å². The van der Waals surface area contributed by atoms with Gasteiger partial charge in [0, 0.05) is 5.56 Å². The zero-order valence-corrected chi connectivity index (χ0v) is 8.08. The molecule has 1 rings (SSSR count). The van der Waals surface area contributed by atoms with Gasteiger partial charge >= 0.3 is 0 Å². The summed E-state index contributed by atoms with van der Waals surface area (Å²) in [6.07, 6.45) is 0.138. The normalized spacial score (nSPS) is 9.86. The Morgan fingerprint density at radius 3 is 2.57 bits per heavy atom. The van der Waals surface area contributed by atoms with Gasteiger partial charge in [0.25, 0.3) is 5.69 Å². The van der Waals surface area contributed by atoms with Crippen molar-refractivity contribution in [2.24, 2.45) is 0 Å². The predicted octanol–water partition coefficient (Wildman–Crippen LogP) is 1.38. The van der Waals surface area contributed by atoms with Crippen LogP contribution in [0.15, 0.2) is 10.5 Å². The number of aldehydes is 1. The first-order valence-corrected chi connectivity index (χ1v) is 4.07. The van der Waals surface area contributed by atoms with Crippen molar-refractivity contribution in [3.05, 3.63) is 32.0 Å². The van der Waals surface area contributed by atoms with Gasteiger partial charge in [-0.2, -0.15) is 4.39 Å². The summed E-state index contributed by atoms with van der Waals surface area (Å²) < 4.78 is 12.7. The third kappa shape index (κ3) is 1.58. The van der Waals surface area contributed by atoms with E-state index in [1.165, 1.54) is 0 Å². The number of carbonyl (C=O) groups is 1. The Morgan fingerprint density at radius 2 is 2.14 bits per heavy atom. The monoisotopic (exact) mass is 262 g/mol. The molecule has 14 heavy (non-hydrogen) atoms. The fourth-order valence-electron chi connectivity index (χ4n) is 0.866. The van der Waals surface area contributed by atoms with E-state index in [1.807, 2.05) is 0 Å². The molecule has 0 amide bonds. The average Bonchev–Trinajstić information content (AvgIpc) is 2.11. The molecule has 0 spiro atoms. The quantitative estimate of drug-likeness (QED) is 0.458. The minimum atomic E-state index is -1.27. The molecule has 0 aromatic heterocycles. The summed E-state index contributed by atoms with van der Waals surface area (Å²) in [4.78, 5) is 19.4. The lowest BCUT2D eigenvalue weighted by molar-refractivity contribution is -0.401. The van der Waals surface area contributed by atoms with Crippen LogP contribution in [0, 0.1) is 15.9 Å². The highest BCUT2D eigenvalue weighted by Gasteiger charge is 2.20. The molecule has 0 fully saturated rings. The molecule has 0 heterocycles. The van der Waals surface area contributed by atoms with Crippen LogP contribution in [0.5, 0.6) is 5.75 Å². The SMILES string of the molecule is O=Cc1cc(Br)c(F)c([N+](=O)[O-])c1[O-]. The molecule has 1 aromatic rings. The highest BCUT2D eigenvalue weighted by atomic mass is 79.9. The van der Waals surface area contributed by atoms with Crippen molar-refractivity contribution in [2.75, 3.05) is 0 Å². The number of hydrogen-bond donors (Lipinski definition) is 0. The third-order valence-corrected chi connectivity index (χ3v) is 2.06. The topological polar surface area (TPSA) is 83.3 Å². The minimum Gasteiger partial charge on any atom is -0.867 e. The molecule has 0 bridgehead atoms. The first-order chi connectivity index (χ1) is 6.49. The van der Waals surface area contributed by atoms with Gasteiger partial charge in [0.1, 0.15) is 6.29 Å². The molecule has 5 nitrogen and oxygen atoms in total. The number of nitro benzene ring substituents is 1. The Labute approximate surface area is 85.4 Å². The van der Waals surface area contributed by atoms with Crippen LogP contribution in [-0.4, -0.2) is 11.2 Å². The van der Waals surface area contributed by atoms with E-state index >= 15 is 0 Å². The van der Waals surface area contributed by atoms with Gasteiger partial charge in [-0.15, -0.1) is 0 Å². The maximum Gasteiger partial charge on any atom is 0.298 e. The van der Waals surface area contributed by atoms with Gasteiger partial charge in [-0.3, -0.25) is 14.9 Å². The fourth-order valence-corrected chi connectivity index (χ4v) is 1.30. The van der Waals surface area contributed by atoms with Crippen molar-refractivity contribution in [3.8, 4) is 5.75 Å². The van der Waals surface area contributed by atoms with Crippen LogP contribution in [0.2, 0.25) is 0 Å². The summed E-state index contributed by atoms with van der Waals surface area (Å²) in [5.74, 6) is -2.49. The van der Waals surface area contributed by atoms with Gasteiger partial charge in [0.05, 0.1) is 9.40 Å². The van der Waals surface area contributed by atoms with Crippen LogP contribution in [0.25, 0.3) is 0 Å². The van der Waals surface area contributed by atoms with Crippen molar-refractivity contribution in [3.63, 3.8) is 0 Å². The average molecular weight is 263 g/mol. The summed E-state index contributed by atoms with van der Waals surface area (Å²) >= 11 is 2.66. The maximum atomic E-state index is 13.0. The lowest BCUT2D eigenvalue weighted by Gasteiger charge is -2.10. The van der Waals surface area contributed by atoms with E-state index in [1.54, 1.807) is 0 Å². The van der Waals surface area contributed by atoms with Crippen LogP contribution >= 0.6 is 15.9 Å². The number of benzene rings is 1. The summed E-state index contributed by atoms with van der Waals surface area (Å²) in [6.45, 7) is 0. The molecule has 0 aliphatic heterocycles. The molecule has 0 saturated carbocycles. The second-order valence-corrected chi connectivity index (χ2v) is 3.17. The molecule has 0 N–H and O–H groups in total. The Balaban J connectivity index is 3.61. The first kappa shape index (κ1) is 10.6. The third-order valence-electron chi connectivity index (χ3n) is 1.49. The molecular weight excluding hydrogens is 261 g/mol. The zero-order chi connectivity index (χ0) is 10.9. The molecule has 0 atom stereocenters. The predicted molar refractivity (Wildman–Crippen MR) is 45.6 cm³/mol. The molecule has 0 radical (unpaired) electrons. The molecule has 0 unspecified atom stereocenters. The van der Waals surface area contributed by atoms with Crippen molar-refractivity contribution >= 4 is 27.9 Å². The molecule has 7 heteroatoms. The zero-order valence-electron chi connectivity index (χ0n) is 6.49. The van der Waals surface area contributed by atoms with Gasteiger partial charge in [-0.1, -0.05) is 0 Å². The smallest absolute Gasteiger partial charge is 0.298 e. The Bertz CT molecular complexity index is 421. The summed E-state index contributed by atoms with van der Waals surface area (Å²) in [5.41, 5.74) is -1.67. The van der Waals surface area contributed by atoms with E-state index in [4.69, 9.17) is 0 Å². The number of rotatable bonds is 2. The van der Waals surface area contributed by atoms with Crippen molar-refractivity contribution < 1.29 is 19.2 Å². The summed E-state index contributed by atoms with van der Waals surface area (Å²) in [7, 11) is 0. The summed E-state index contributed by atoms with van der Waals surface area (Å²) in [5, 5.41) is 21.4. The van der Waals surface area contributed by atoms with Crippen LogP contribution in [0.4, 0.5) is 10.1 Å².